The second kappa shape index (κ2) is 70.1. The number of hydrogen-bond donors (Lipinski definition) is 0. The van der Waals surface area contributed by atoms with Gasteiger partial charge in [0.15, 0.2) is 6.10 Å². The van der Waals surface area contributed by atoms with Crippen LogP contribution >= 0.6 is 0 Å². The molecular weight excluding hydrogens is 997 g/mol. The number of rotatable bonds is 68. The lowest BCUT2D eigenvalue weighted by Crippen LogP contribution is -2.30. The summed E-state index contributed by atoms with van der Waals surface area (Å²) < 4.78 is 16.9. The third kappa shape index (κ3) is 68.3. The van der Waals surface area contributed by atoms with Gasteiger partial charge in [-0.2, -0.15) is 0 Å². The van der Waals surface area contributed by atoms with E-state index in [1.54, 1.807) is 0 Å². The Labute approximate surface area is 506 Å². The van der Waals surface area contributed by atoms with Crippen molar-refractivity contribution in [2.24, 2.45) is 0 Å². The van der Waals surface area contributed by atoms with Crippen LogP contribution in [0, 0.1) is 0 Å². The number of unbranched alkanes of at least 4 members (excludes halogenated alkanes) is 51. The van der Waals surface area contributed by atoms with Crippen LogP contribution in [-0.2, 0) is 28.6 Å². The van der Waals surface area contributed by atoms with E-state index in [2.05, 4.69) is 57.2 Å². The van der Waals surface area contributed by atoms with Gasteiger partial charge in [0.2, 0.25) is 0 Å². The molecule has 0 aromatic rings. The van der Waals surface area contributed by atoms with Crippen molar-refractivity contribution in [3.63, 3.8) is 0 Å². The molecule has 0 aliphatic rings. The fourth-order valence-corrected chi connectivity index (χ4v) is 11.1. The van der Waals surface area contributed by atoms with E-state index in [9.17, 15) is 14.4 Å². The summed E-state index contributed by atoms with van der Waals surface area (Å²) >= 11 is 0. The molecule has 1 unspecified atom stereocenters. The predicted molar refractivity (Wildman–Crippen MR) is 353 cm³/mol. The van der Waals surface area contributed by atoms with Gasteiger partial charge >= 0.3 is 17.9 Å². The first-order valence-electron chi connectivity index (χ1n) is 36.5. The average Bonchev–Trinajstić information content (AvgIpc) is 3.46. The van der Waals surface area contributed by atoms with Crippen LogP contribution in [0.25, 0.3) is 0 Å². The minimum absolute atomic E-state index is 0.0669. The monoisotopic (exact) mass is 1140 g/mol. The van der Waals surface area contributed by atoms with Gasteiger partial charge in [0.1, 0.15) is 13.2 Å². The topological polar surface area (TPSA) is 78.9 Å². The van der Waals surface area contributed by atoms with E-state index in [0.29, 0.717) is 19.3 Å². The summed E-state index contributed by atoms with van der Waals surface area (Å²) in [5.41, 5.74) is 0. The lowest BCUT2D eigenvalue weighted by Gasteiger charge is -2.18. The van der Waals surface area contributed by atoms with Gasteiger partial charge in [-0.1, -0.05) is 346 Å². The maximum absolute atomic E-state index is 12.9. The molecule has 0 saturated heterocycles. The predicted octanol–water partition coefficient (Wildman–Crippen LogP) is 25.1. The Morgan fingerprint density at radius 2 is 0.444 bits per heavy atom. The lowest BCUT2D eigenvalue weighted by molar-refractivity contribution is -0.167. The Morgan fingerprint density at radius 1 is 0.247 bits per heavy atom. The summed E-state index contributed by atoms with van der Waals surface area (Å²) in [6.07, 6.45) is 87.9. The van der Waals surface area contributed by atoms with Crippen LogP contribution in [0.3, 0.4) is 0 Å². The molecular formula is C75H140O6. The zero-order valence-corrected chi connectivity index (χ0v) is 54.8. The van der Waals surface area contributed by atoms with Gasteiger partial charge in [0, 0.05) is 19.3 Å². The van der Waals surface area contributed by atoms with Crippen LogP contribution in [0.2, 0.25) is 0 Å². The lowest BCUT2D eigenvalue weighted by atomic mass is 10.0. The molecule has 0 bridgehead atoms. The fraction of sp³-hybridized carbons (Fsp3) is 0.880. The van der Waals surface area contributed by atoms with E-state index in [1.165, 1.54) is 302 Å². The molecule has 476 valence electrons. The van der Waals surface area contributed by atoms with Gasteiger partial charge in [-0.05, 0) is 77.0 Å². The van der Waals surface area contributed by atoms with Crippen molar-refractivity contribution in [3.05, 3.63) is 36.5 Å². The summed E-state index contributed by atoms with van der Waals surface area (Å²) in [6, 6.07) is 0. The molecule has 81 heavy (non-hydrogen) atoms. The second-order valence-corrected chi connectivity index (χ2v) is 24.9. The molecule has 0 fully saturated rings. The van der Waals surface area contributed by atoms with E-state index in [1.807, 2.05) is 0 Å². The zero-order chi connectivity index (χ0) is 58.5. The minimum atomic E-state index is -0.768. The number of allylic oxidation sites excluding steroid dienone is 6. The average molecular weight is 1140 g/mol. The number of ether oxygens (including phenoxy) is 3. The first kappa shape index (κ1) is 78.6. The van der Waals surface area contributed by atoms with E-state index in [4.69, 9.17) is 14.2 Å². The number of hydrogen-bond acceptors (Lipinski definition) is 6. The quantitative estimate of drug-likeness (QED) is 0.0261. The van der Waals surface area contributed by atoms with E-state index >= 15 is 0 Å². The van der Waals surface area contributed by atoms with E-state index < -0.39 is 6.10 Å². The number of esters is 3. The summed E-state index contributed by atoms with van der Waals surface area (Å²) in [6.45, 7) is 6.66. The molecule has 0 aromatic heterocycles. The van der Waals surface area contributed by atoms with Crippen molar-refractivity contribution in [2.75, 3.05) is 13.2 Å². The van der Waals surface area contributed by atoms with Crippen LogP contribution in [-0.4, -0.2) is 37.2 Å². The molecule has 0 spiro atoms. The Morgan fingerprint density at radius 3 is 0.691 bits per heavy atom. The van der Waals surface area contributed by atoms with Gasteiger partial charge in [0.05, 0.1) is 0 Å². The molecule has 1 atom stereocenters. The Hall–Kier alpha value is -2.37. The molecule has 0 amide bonds. The summed E-state index contributed by atoms with van der Waals surface area (Å²) in [7, 11) is 0. The summed E-state index contributed by atoms with van der Waals surface area (Å²) in [4.78, 5) is 38.2. The highest BCUT2D eigenvalue weighted by atomic mass is 16.6. The third-order valence-electron chi connectivity index (χ3n) is 16.6. The van der Waals surface area contributed by atoms with Gasteiger partial charge < -0.3 is 14.2 Å². The molecule has 0 aromatic carbocycles. The maximum Gasteiger partial charge on any atom is 0.306 e. The molecule has 0 N–H and O–H groups in total. The van der Waals surface area contributed by atoms with Crippen molar-refractivity contribution < 1.29 is 28.6 Å². The molecule has 0 heterocycles. The first-order chi connectivity index (χ1) is 40.0. The summed E-state index contributed by atoms with van der Waals surface area (Å²) in [5, 5.41) is 0. The minimum Gasteiger partial charge on any atom is -0.462 e. The number of carbonyl (C=O) groups excluding carboxylic acids is 3. The van der Waals surface area contributed by atoms with E-state index in [-0.39, 0.29) is 31.1 Å². The highest BCUT2D eigenvalue weighted by molar-refractivity contribution is 5.71. The smallest absolute Gasteiger partial charge is 0.306 e. The largest absolute Gasteiger partial charge is 0.462 e. The van der Waals surface area contributed by atoms with Gasteiger partial charge in [0.25, 0.3) is 0 Å². The summed E-state index contributed by atoms with van der Waals surface area (Å²) in [5.74, 6) is -0.847. The maximum atomic E-state index is 12.9. The molecule has 0 radical (unpaired) electrons. The Bertz CT molecular complexity index is 1350. The molecule has 6 heteroatoms. The van der Waals surface area contributed by atoms with Crippen molar-refractivity contribution >= 4 is 17.9 Å². The van der Waals surface area contributed by atoms with Crippen LogP contribution in [0.1, 0.15) is 406 Å². The van der Waals surface area contributed by atoms with Crippen molar-refractivity contribution in [3.8, 4) is 0 Å². The second-order valence-electron chi connectivity index (χ2n) is 24.9. The Kier molecular flexibility index (Phi) is 68.1. The fourth-order valence-electron chi connectivity index (χ4n) is 11.1. The highest BCUT2D eigenvalue weighted by Gasteiger charge is 2.19. The number of carbonyl (C=O) groups is 3. The molecule has 0 rings (SSSR count). The molecule has 0 aliphatic carbocycles. The van der Waals surface area contributed by atoms with Crippen LogP contribution in [0.5, 0.6) is 0 Å². The highest BCUT2D eigenvalue weighted by Crippen LogP contribution is 2.19. The Balaban J connectivity index is 3.99. The van der Waals surface area contributed by atoms with Crippen molar-refractivity contribution in [1.82, 2.24) is 0 Å². The molecule has 0 saturated carbocycles. The van der Waals surface area contributed by atoms with Crippen LogP contribution in [0.4, 0.5) is 0 Å². The first-order valence-corrected chi connectivity index (χ1v) is 36.5. The van der Waals surface area contributed by atoms with Gasteiger partial charge in [-0.3, -0.25) is 14.4 Å². The third-order valence-corrected chi connectivity index (χ3v) is 16.6. The van der Waals surface area contributed by atoms with E-state index in [0.717, 1.165) is 64.2 Å². The molecule has 0 aliphatic heterocycles. The van der Waals surface area contributed by atoms with Crippen LogP contribution in [0.15, 0.2) is 36.5 Å². The van der Waals surface area contributed by atoms with Gasteiger partial charge in [-0.25, -0.2) is 0 Å². The molecule has 6 nitrogen and oxygen atoms in total. The van der Waals surface area contributed by atoms with Gasteiger partial charge in [-0.15, -0.1) is 0 Å². The van der Waals surface area contributed by atoms with Crippen LogP contribution < -0.4 is 0 Å². The van der Waals surface area contributed by atoms with Crippen molar-refractivity contribution in [1.29, 1.82) is 0 Å². The van der Waals surface area contributed by atoms with Crippen molar-refractivity contribution in [2.45, 2.75) is 412 Å². The standard InChI is InChI=1S/C75H140O6/c1-4-7-10-13-16-18-20-22-24-26-28-30-32-34-35-36-37-38-39-41-42-44-46-48-50-52-54-56-59-62-65-68-74(77)80-71-72(70-79-73(76)67-64-61-58-15-12-9-6-3)81-75(78)69-66-63-60-57-55-53-51-49-47-45-43-40-33-31-29-27-25-23-21-19-17-14-11-8-5-2/h21,23,26-29,72H,4-20,22,24-25,30-71H2,1-3H3/b23-21-,28-26-,29-27-. The SMILES string of the molecule is CCCCCCC/C=C\C/C=C\CCCCCCCCCCCCCCCC(=O)OC(COC(=O)CCCCCCCCC)COC(=O)CCCCCCCCCCCCCCCCCCCCC/C=C\CCCCCCCCCC. The normalized spacial score (nSPS) is 12.2. The zero-order valence-electron chi connectivity index (χ0n) is 54.8.